The Labute approximate surface area is 109 Å². The van der Waals surface area contributed by atoms with Crippen LogP contribution in [0.1, 0.15) is 16.8 Å². The van der Waals surface area contributed by atoms with Crippen molar-refractivity contribution < 1.29 is 0 Å². The van der Waals surface area contributed by atoms with Crippen LogP contribution in [0, 0.1) is 13.8 Å². The highest BCUT2D eigenvalue weighted by atomic mass is 79.9. The second-order valence-corrected chi connectivity index (χ2v) is 4.74. The van der Waals surface area contributed by atoms with Crippen LogP contribution in [-0.2, 0) is 6.54 Å². The first-order chi connectivity index (χ1) is 8.15. The molecule has 0 saturated carbocycles. The number of halogens is 1. The van der Waals surface area contributed by atoms with E-state index in [1.165, 1.54) is 0 Å². The molecule has 2 heterocycles. The molecule has 0 unspecified atom stereocenters. The normalized spacial score (nSPS) is 10.3. The third kappa shape index (κ3) is 3.27. The minimum Gasteiger partial charge on any atom is -0.380 e. The van der Waals surface area contributed by atoms with E-state index in [0.717, 1.165) is 33.7 Å². The number of anilines is 1. The number of pyridine rings is 2. The molecule has 0 aliphatic carbocycles. The fraction of sp³-hybridized carbons (Fsp3) is 0.231. The summed E-state index contributed by atoms with van der Waals surface area (Å²) in [6.45, 7) is 4.77. The van der Waals surface area contributed by atoms with Gasteiger partial charge in [-0.3, -0.25) is 4.98 Å². The first-order valence-electron chi connectivity index (χ1n) is 5.43. The topological polar surface area (TPSA) is 37.8 Å². The van der Waals surface area contributed by atoms with Gasteiger partial charge in [0.1, 0.15) is 4.60 Å². The van der Waals surface area contributed by atoms with Crippen molar-refractivity contribution in [3.05, 3.63) is 52.0 Å². The number of nitrogens with zero attached hydrogens (tertiary/aromatic N) is 2. The van der Waals surface area contributed by atoms with E-state index < -0.39 is 0 Å². The Morgan fingerprint density at radius 1 is 1.18 bits per heavy atom. The molecule has 2 aromatic rings. The lowest BCUT2D eigenvalue weighted by Gasteiger charge is -2.07. The molecule has 17 heavy (non-hydrogen) atoms. The summed E-state index contributed by atoms with van der Waals surface area (Å²) < 4.78 is 0.889. The van der Waals surface area contributed by atoms with Gasteiger partial charge in [-0.15, -0.1) is 0 Å². The minimum atomic E-state index is 0.760. The van der Waals surface area contributed by atoms with Crippen molar-refractivity contribution >= 4 is 21.6 Å². The highest BCUT2D eigenvalue weighted by molar-refractivity contribution is 9.10. The van der Waals surface area contributed by atoms with Crippen LogP contribution in [0.3, 0.4) is 0 Å². The molecule has 0 aliphatic rings. The third-order valence-corrected chi connectivity index (χ3v) is 3.31. The Bertz CT molecular complexity index is 509. The SMILES string of the molecule is Cc1ccc(CNc2cnc(Br)c(C)c2)cn1. The van der Waals surface area contributed by atoms with Gasteiger partial charge in [0.15, 0.2) is 0 Å². The average molecular weight is 292 g/mol. The number of hydrogen-bond donors (Lipinski definition) is 1. The lowest BCUT2D eigenvalue weighted by atomic mass is 10.2. The first kappa shape index (κ1) is 12.0. The second-order valence-electron chi connectivity index (χ2n) is 3.99. The summed E-state index contributed by atoms with van der Waals surface area (Å²) in [5.74, 6) is 0. The molecule has 0 fully saturated rings. The number of hydrogen-bond acceptors (Lipinski definition) is 3. The molecule has 0 radical (unpaired) electrons. The number of rotatable bonds is 3. The van der Waals surface area contributed by atoms with Crippen LogP contribution in [0.5, 0.6) is 0 Å². The van der Waals surface area contributed by atoms with Gasteiger partial charge in [0.2, 0.25) is 0 Å². The molecule has 0 saturated heterocycles. The first-order valence-corrected chi connectivity index (χ1v) is 6.22. The number of nitrogens with one attached hydrogen (secondary N) is 1. The van der Waals surface area contributed by atoms with E-state index in [9.17, 15) is 0 Å². The van der Waals surface area contributed by atoms with Gasteiger partial charge in [-0.2, -0.15) is 0 Å². The standard InChI is InChI=1S/C13H14BrN3/c1-9-5-12(8-17-13(9)14)16-7-11-4-3-10(2)15-6-11/h3-6,8,16H,7H2,1-2H3. The predicted octanol–water partition coefficient (Wildman–Crippen LogP) is 3.47. The Kier molecular flexibility index (Phi) is 3.74. The lowest BCUT2D eigenvalue weighted by Crippen LogP contribution is -2.01. The molecule has 4 heteroatoms. The van der Waals surface area contributed by atoms with Gasteiger partial charge in [0.05, 0.1) is 11.9 Å². The fourth-order valence-corrected chi connectivity index (χ4v) is 1.68. The summed E-state index contributed by atoms with van der Waals surface area (Å²) in [4.78, 5) is 8.50. The van der Waals surface area contributed by atoms with E-state index in [0.29, 0.717) is 0 Å². The van der Waals surface area contributed by atoms with Crippen molar-refractivity contribution in [1.29, 1.82) is 0 Å². The van der Waals surface area contributed by atoms with Crippen LogP contribution in [0.4, 0.5) is 5.69 Å². The molecule has 0 spiro atoms. The van der Waals surface area contributed by atoms with Crippen LogP contribution in [0.15, 0.2) is 35.2 Å². The summed E-state index contributed by atoms with van der Waals surface area (Å²) in [6, 6.07) is 6.16. The summed E-state index contributed by atoms with van der Waals surface area (Å²) in [5, 5.41) is 3.33. The highest BCUT2D eigenvalue weighted by Crippen LogP contribution is 2.17. The van der Waals surface area contributed by atoms with Gasteiger partial charge in [0, 0.05) is 18.4 Å². The van der Waals surface area contributed by atoms with Gasteiger partial charge in [-0.1, -0.05) is 6.07 Å². The molecule has 88 valence electrons. The van der Waals surface area contributed by atoms with Crippen molar-refractivity contribution in [2.24, 2.45) is 0 Å². The molecule has 2 aromatic heterocycles. The van der Waals surface area contributed by atoms with Gasteiger partial charge < -0.3 is 5.32 Å². The van der Waals surface area contributed by atoms with Crippen molar-refractivity contribution in [3.63, 3.8) is 0 Å². The Hall–Kier alpha value is -1.42. The quantitative estimate of drug-likeness (QED) is 0.880. The molecule has 1 N–H and O–H groups in total. The Morgan fingerprint density at radius 2 is 2.00 bits per heavy atom. The monoisotopic (exact) mass is 291 g/mol. The summed E-state index contributed by atoms with van der Waals surface area (Å²) in [5.41, 5.74) is 4.34. The largest absolute Gasteiger partial charge is 0.380 e. The smallest absolute Gasteiger partial charge is 0.109 e. The van der Waals surface area contributed by atoms with E-state index >= 15 is 0 Å². The Morgan fingerprint density at radius 3 is 2.65 bits per heavy atom. The second kappa shape index (κ2) is 5.27. The third-order valence-electron chi connectivity index (χ3n) is 2.48. The van der Waals surface area contributed by atoms with Crippen molar-refractivity contribution in [3.8, 4) is 0 Å². The van der Waals surface area contributed by atoms with E-state index in [-0.39, 0.29) is 0 Å². The van der Waals surface area contributed by atoms with Crippen molar-refractivity contribution in [2.75, 3.05) is 5.32 Å². The summed E-state index contributed by atoms with van der Waals surface area (Å²) in [7, 11) is 0. The maximum Gasteiger partial charge on any atom is 0.109 e. The van der Waals surface area contributed by atoms with E-state index in [4.69, 9.17) is 0 Å². The Balaban J connectivity index is 2.02. The molecule has 0 amide bonds. The molecule has 0 aromatic carbocycles. The van der Waals surface area contributed by atoms with Crippen molar-refractivity contribution in [1.82, 2.24) is 9.97 Å². The molecule has 3 nitrogen and oxygen atoms in total. The molecule has 0 aliphatic heterocycles. The maximum atomic E-state index is 4.26. The van der Waals surface area contributed by atoms with Crippen LogP contribution in [0.2, 0.25) is 0 Å². The molecule has 0 atom stereocenters. The highest BCUT2D eigenvalue weighted by Gasteiger charge is 1.99. The fourth-order valence-electron chi connectivity index (χ4n) is 1.46. The minimum absolute atomic E-state index is 0.760. The zero-order valence-corrected chi connectivity index (χ0v) is 11.5. The number of aryl methyl sites for hydroxylation is 2. The van der Waals surface area contributed by atoms with E-state index in [2.05, 4.69) is 43.3 Å². The zero-order chi connectivity index (χ0) is 12.3. The van der Waals surface area contributed by atoms with Crippen LogP contribution in [-0.4, -0.2) is 9.97 Å². The van der Waals surface area contributed by atoms with Crippen LogP contribution >= 0.6 is 15.9 Å². The summed E-state index contributed by atoms with van der Waals surface area (Å²) in [6.07, 6.45) is 3.71. The molecule has 2 rings (SSSR count). The van der Waals surface area contributed by atoms with Crippen molar-refractivity contribution in [2.45, 2.75) is 20.4 Å². The van der Waals surface area contributed by atoms with Crippen LogP contribution in [0.25, 0.3) is 0 Å². The summed E-state index contributed by atoms with van der Waals surface area (Å²) >= 11 is 3.38. The lowest BCUT2D eigenvalue weighted by molar-refractivity contribution is 1.08. The average Bonchev–Trinajstić information content (AvgIpc) is 2.33. The molecule has 0 bridgehead atoms. The zero-order valence-electron chi connectivity index (χ0n) is 9.87. The van der Waals surface area contributed by atoms with Gasteiger partial charge in [0.25, 0.3) is 0 Å². The van der Waals surface area contributed by atoms with Crippen LogP contribution < -0.4 is 5.32 Å². The number of aromatic nitrogens is 2. The maximum absolute atomic E-state index is 4.26. The van der Waals surface area contributed by atoms with Gasteiger partial charge in [-0.25, -0.2) is 4.98 Å². The van der Waals surface area contributed by atoms with E-state index in [1.807, 2.05) is 32.3 Å². The van der Waals surface area contributed by atoms with Gasteiger partial charge >= 0.3 is 0 Å². The van der Waals surface area contributed by atoms with Gasteiger partial charge in [-0.05, 0) is 53.0 Å². The molecular weight excluding hydrogens is 278 g/mol. The van der Waals surface area contributed by atoms with E-state index in [1.54, 1.807) is 0 Å². The predicted molar refractivity (Wildman–Crippen MR) is 73.0 cm³/mol. The molecular formula is C13H14BrN3.